The molecule has 0 amide bonds. The Morgan fingerprint density at radius 2 is 2.00 bits per heavy atom. The van der Waals surface area contributed by atoms with Crippen molar-refractivity contribution in [2.75, 3.05) is 12.4 Å². The van der Waals surface area contributed by atoms with Crippen LogP contribution in [0.3, 0.4) is 0 Å². The Hall–Kier alpha value is -2.49. The van der Waals surface area contributed by atoms with Crippen LogP contribution in [0.15, 0.2) is 49.1 Å². The molecule has 0 aliphatic heterocycles. The number of aldehydes is 1. The van der Waals surface area contributed by atoms with Gasteiger partial charge in [0.05, 0.1) is 0 Å². The number of Topliss-reactive ketones (excluding diaryl/α,β-unsaturated/α-hetero) is 2. The second-order valence-electron chi connectivity index (χ2n) is 4.17. The number of rotatable bonds is 7. The molecule has 0 heterocycles. The van der Waals surface area contributed by atoms with Crippen molar-refractivity contribution in [3.05, 3.63) is 54.6 Å². The first-order valence-electron chi connectivity index (χ1n) is 6.63. The van der Waals surface area contributed by atoms with Gasteiger partial charge in [0.15, 0.2) is 0 Å². The molecule has 0 aliphatic carbocycles. The van der Waals surface area contributed by atoms with Gasteiger partial charge >= 0.3 is 0 Å². The summed E-state index contributed by atoms with van der Waals surface area (Å²) in [4.78, 5) is 32.7. The molecule has 0 aromatic heterocycles. The third-order valence-corrected chi connectivity index (χ3v) is 2.56. The fourth-order valence-electron chi connectivity index (χ4n) is 1.30. The van der Waals surface area contributed by atoms with E-state index >= 15 is 0 Å². The molecule has 4 nitrogen and oxygen atoms in total. The van der Waals surface area contributed by atoms with Gasteiger partial charge in [0, 0.05) is 30.3 Å². The van der Waals surface area contributed by atoms with E-state index in [9.17, 15) is 14.4 Å². The number of allylic oxidation sites excluding steroid dienone is 2. The Bertz CT molecular complexity index is 533. The van der Waals surface area contributed by atoms with E-state index in [1.165, 1.54) is 6.08 Å². The number of unbranched alkanes of at least 4 members (excludes halogenated alkanes) is 1. The Labute approximate surface area is 125 Å². The van der Waals surface area contributed by atoms with Gasteiger partial charge in [-0.3, -0.25) is 9.59 Å². The second-order valence-corrected chi connectivity index (χ2v) is 4.17. The number of hydrogen-bond donors (Lipinski definition) is 1. The lowest BCUT2D eigenvalue weighted by molar-refractivity contribution is -0.111. The van der Waals surface area contributed by atoms with Crippen LogP contribution < -0.4 is 5.32 Å². The summed E-state index contributed by atoms with van der Waals surface area (Å²) in [6.45, 7) is 8.85. The molecule has 112 valence electrons. The normalized spacial score (nSPS) is 8.86. The van der Waals surface area contributed by atoms with Crippen molar-refractivity contribution in [2.24, 2.45) is 0 Å². The number of nitrogens with one attached hydrogen (secondary N) is 1. The van der Waals surface area contributed by atoms with Gasteiger partial charge < -0.3 is 10.1 Å². The third kappa shape index (κ3) is 6.47. The van der Waals surface area contributed by atoms with E-state index in [0.717, 1.165) is 18.4 Å². The number of hydrogen-bond acceptors (Lipinski definition) is 4. The van der Waals surface area contributed by atoms with Crippen LogP contribution in [0.2, 0.25) is 0 Å². The van der Waals surface area contributed by atoms with Crippen molar-refractivity contribution in [2.45, 2.75) is 19.8 Å². The van der Waals surface area contributed by atoms with Crippen LogP contribution in [0.1, 0.15) is 30.1 Å². The summed E-state index contributed by atoms with van der Waals surface area (Å²) in [5.41, 5.74) is 1.24. The molecule has 0 saturated carbocycles. The van der Waals surface area contributed by atoms with Crippen molar-refractivity contribution in [3.8, 4) is 0 Å². The van der Waals surface area contributed by atoms with E-state index in [1.807, 2.05) is 13.0 Å². The number of carbonyl (C=O) groups is 3. The maximum Gasteiger partial charge on any atom is 0.233 e. The lowest BCUT2D eigenvalue weighted by Gasteiger charge is -2.03. The zero-order valence-corrected chi connectivity index (χ0v) is 12.5. The average molecular weight is 287 g/mol. The summed E-state index contributed by atoms with van der Waals surface area (Å²) < 4.78 is 0. The fraction of sp³-hybridized carbons (Fsp3) is 0.235. The lowest BCUT2D eigenvalue weighted by atomic mass is 10.0. The molecule has 1 aromatic carbocycles. The van der Waals surface area contributed by atoms with Gasteiger partial charge in [-0.05, 0) is 18.6 Å². The molecule has 0 unspecified atom stereocenters. The van der Waals surface area contributed by atoms with Crippen molar-refractivity contribution in [1.82, 2.24) is 0 Å². The van der Waals surface area contributed by atoms with E-state index in [0.29, 0.717) is 12.0 Å². The van der Waals surface area contributed by atoms with Crippen molar-refractivity contribution in [3.63, 3.8) is 0 Å². The molecule has 21 heavy (non-hydrogen) atoms. The molecule has 1 N–H and O–H groups in total. The van der Waals surface area contributed by atoms with Crippen molar-refractivity contribution < 1.29 is 14.4 Å². The highest BCUT2D eigenvalue weighted by molar-refractivity contribution is 6.49. The zero-order valence-electron chi connectivity index (χ0n) is 12.5. The minimum Gasteiger partial charge on any atom is -0.388 e. The van der Waals surface area contributed by atoms with Crippen LogP contribution in [0.25, 0.3) is 0 Å². The first-order chi connectivity index (χ1) is 10.0. The molecule has 0 bridgehead atoms. The molecule has 0 fully saturated rings. The summed E-state index contributed by atoms with van der Waals surface area (Å²) in [5, 5.41) is 2.90. The van der Waals surface area contributed by atoms with E-state index in [1.54, 1.807) is 25.2 Å². The average Bonchev–Trinajstić information content (AvgIpc) is 2.54. The van der Waals surface area contributed by atoms with Crippen LogP contribution in [0.5, 0.6) is 0 Å². The van der Waals surface area contributed by atoms with Gasteiger partial charge in [0.1, 0.15) is 6.29 Å². The van der Waals surface area contributed by atoms with Crippen molar-refractivity contribution in [1.29, 1.82) is 0 Å². The van der Waals surface area contributed by atoms with E-state index < -0.39 is 11.6 Å². The molecule has 0 atom stereocenters. The van der Waals surface area contributed by atoms with Crippen LogP contribution in [0.4, 0.5) is 5.69 Å². The van der Waals surface area contributed by atoms with E-state index in [4.69, 9.17) is 0 Å². The largest absolute Gasteiger partial charge is 0.388 e. The minimum absolute atomic E-state index is 0.111. The summed E-state index contributed by atoms with van der Waals surface area (Å²) in [6, 6.07) is 6.74. The van der Waals surface area contributed by atoms with Gasteiger partial charge in [-0.15, -0.1) is 0 Å². The number of benzene rings is 1. The molecule has 0 radical (unpaired) electrons. The Kier molecular flexibility index (Phi) is 9.09. The number of carbonyl (C=O) groups excluding carboxylic acids is 3. The second kappa shape index (κ2) is 10.3. The lowest BCUT2D eigenvalue weighted by Crippen LogP contribution is -2.15. The van der Waals surface area contributed by atoms with E-state index in [-0.39, 0.29) is 5.57 Å². The van der Waals surface area contributed by atoms with Gasteiger partial charge in [-0.25, -0.2) is 0 Å². The highest BCUT2D eigenvalue weighted by atomic mass is 16.2. The topological polar surface area (TPSA) is 63.2 Å². The highest BCUT2D eigenvalue weighted by Crippen LogP contribution is 2.12. The number of ketones is 2. The Morgan fingerprint density at radius 1 is 1.33 bits per heavy atom. The summed E-state index contributed by atoms with van der Waals surface area (Å²) in [7, 11) is 1.74. The Morgan fingerprint density at radius 3 is 2.43 bits per heavy atom. The molecule has 4 heteroatoms. The van der Waals surface area contributed by atoms with Crippen LogP contribution in [-0.2, 0) is 9.59 Å². The van der Waals surface area contributed by atoms with Gasteiger partial charge in [-0.1, -0.05) is 38.3 Å². The van der Waals surface area contributed by atoms with Gasteiger partial charge in [0.25, 0.3) is 0 Å². The monoisotopic (exact) mass is 287 g/mol. The minimum atomic E-state index is -0.622. The molecule has 0 saturated heterocycles. The fourth-order valence-corrected chi connectivity index (χ4v) is 1.30. The van der Waals surface area contributed by atoms with Crippen LogP contribution >= 0.6 is 0 Å². The smallest absolute Gasteiger partial charge is 0.233 e. The summed E-state index contributed by atoms with van der Waals surface area (Å²) >= 11 is 0. The maximum absolute atomic E-state index is 11.7. The van der Waals surface area contributed by atoms with E-state index in [2.05, 4.69) is 18.5 Å². The summed E-state index contributed by atoms with van der Waals surface area (Å²) in [5.74, 6) is -1.19. The highest BCUT2D eigenvalue weighted by Gasteiger charge is 2.17. The molecule has 1 aromatic rings. The standard InChI is InChI=1S/C13H13NO2.C4H8O/c1-4-9(2)12(15)13(16)10-6-5-7-11(8-10)14-3;1-2-3-4-5/h4-8,14H,1-2H2,3H3;4H,2-3H2,1H3. The third-order valence-electron chi connectivity index (χ3n) is 2.56. The predicted molar refractivity (Wildman–Crippen MR) is 85.6 cm³/mol. The molecular formula is C17H21NO3. The molecule has 0 aliphatic rings. The van der Waals surface area contributed by atoms with Gasteiger partial charge in [0.2, 0.25) is 11.6 Å². The number of anilines is 1. The first-order valence-corrected chi connectivity index (χ1v) is 6.63. The first kappa shape index (κ1) is 18.5. The SMILES string of the molecule is C=CC(=C)C(=O)C(=O)c1cccc(NC)c1.CCCC=O. The van der Waals surface area contributed by atoms with Crippen LogP contribution in [0, 0.1) is 0 Å². The molecule has 0 spiro atoms. The van der Waals surface area contributed by atoms with Crippen molar-refractivity contribution >= 4 is 23.5 Å². The Balaban J connectivity index is 0.000000690. The predicted octanol–water partition coefficient (Wildman–Crippen LogP) is 3.21. The quantitative estimate of drug-likeness (QED) is 0.275. The molecular weight excluding hydrogens is 266 g/mol. The van der Waals surface area contributed by atoms with Crippen LogP contribution in [-0.4, -0.2) is 24.9 Å². The van der Waals surface area contributed by atoms with Gasteiger partial charge in [-0.2, -0.15) is 0 Å². The molecule has 1 rings (SSSR count). The maximum atomic E-state index is 11.7. The zero-order chi connectivity index (χ0) is 16.3. The summed E-state index contributed by atoms with van der Waals surface area (Å²) in [6.07, 6.45) is 3.89.